The summed E-state index contributed by atoms with van der Waals surface area (Å²) in [5.41, 5.74) is 1.83. The zero-order chi connectivity index (χ0) is 16.0. The molecule has 0 aliphatic rings. The molecule has 1 N–H and O–H groups in total. The Morgan fingerprint density at radius 2 is 1.71 bits per heavy atom. The maximum absolute atomic E-state index is 14.4. The Bertz CT molecular complexity index is 437. The van der Waals surface area contributed by atoms with Crippen LogP contribution in [0.2, 0.25) is 0 Å². The molecule has 0 radical (unpaired) electrons. The molecule has 0 spiro atoms. The minimum atomic E-state index is -0.113. The predicted molar refractivity (Wildman–Crippen MR) is 89.2 cm³/mol. The summed E-state index contributed by atoms with van der Waals surface area (Å²) in [6, 6.07) is 5.41. The number of halogens is 1. The fraction of sp³-hybridized carbons (Fsp3) is 0.667. The van der Waals surface area contributed by atoms with Crippen LogP contribution >= 0.6 is 0 Å². The van der Waals surface area contributed by atoms with Crippen molar-refractivity contribution in [2.45, 2.75) is 59.0 Å². The fourth-order valence-electron chi connectivity index (χ4n) is 3.74. The Kier molecular flexibility index (Phi) is 6.82. The van der Waals surface area contributed by atoms with E-state index in [2.05, 4.69) is 37.9 Å². The zero-order valence-corrected chi connectivity index (χ0v) is 14.5. The van der Waals surface area contributed by atoms with Gasteiger partial charge in [-0.2, -0.15) is 0 Å². The van der Waals surface area contributed by atoms with Crippen molar-refractivity contribution in [2.24, 2.45) is 0 Å². The molecule has 0 aliphatic heterocycles. The first-order valence-corrected chi connectivity index (χ1v) is 8.18. The van der Waals surface area contributed by atoms with Crippen LogP contribution in [-0.4, -0.2) is 30.6 Å². The second-order valence-corrected chi connectivity index (χ2v) is 5.73. The molecule has 0 saturated heterocycles. The molecule has 1 atom stereocenters. The number of benzene rings is 1. The topological polar surface area (TPSA) is 15.3 Å². The van der Waals surface area contributed by atoms with Gasteiger partial charge in [0.15, 0.2) is 0 Å². The number of hydrogen-bond donors (Lipinski definition) is 1. The number of likely N-dealkylation sites (N-methyl/N-ethyl adjacent to an activating group) is 2. The van der Waals surface area contributed by atoms with Crippen LogP contribution in [0.5, 0.6) is 0 Å². The van der Waals surface area contributed by atoms with Gasteiger partial charge in [-0.3, -0.25) is 4.90 Å². The average Bonchev–Trinajstić information content (AvgIpc) is 2.50. The first kappa shape index (κ1) is 18.1. The van der Waals surface area contributed by atoms with E-state index in [1.165, 1.54) is 0 Å². The molecule has 0 fully saturated rings. The van der Waals surface area contributed by atoms with E-state index in [4.69, 9.17) is 0 Å². The number of nitrogens with zero attached hydrogens (tertiary/aromatic N) is 1. The maximum atomic E-state index is 14.4. The highest BCUT2D eigenvalue weighted by molar-refractivity contribution is 5.30. The van der Waals surface area contributed by atoms with Crippen LogP contribution in [0.15, 0.2) is 18.2 Å². The highest BCUT2D eigenvalue weighted by Gasteiger charge is 2.41. The van der Waals surface area contributed by atoms with Crippen LogP contribution in [0, 0.1) is 12.7 Å². The van der Waals surface area contributed by atoms with Crippen molar-refractivity contribution in [3.8, 4) is 0 Å². The highest BCUT2D eigenvalue weighted by atomic mass is 19.1. The van der Waals surface area contributed by atoms with Gasteiger partial charge in [-0.15, -0.1) is 0 Å². The van der Waals surface area contributed by atoms with Gasteiger partial charge in [-0.05, 0) is 46.0 Å². The Labute approximate surface area is 129 Å². The molecule has 2 nitrogen and oxygen atoms in total. The largest absolute Gasteiger partial charge is 0.311 e. The molecule has 0 aliphatic carbocycles. The number of nitrogens with one attached hydrogen (secondary N) is 1. The molecule has 1 rings (SSSR count). The van der Waals surface area contributed by atoms with Crippen molar-refractivity contribution >= 4 is 0 Å². The van der Waals surface area contributed by atoms with E-state index in [1.807, 2.05) is 26.1 Å². The van der Waals surface area contributed by atoms with Crippen LogP contribution in [-0.2, 0) is 0 Å². The SMILES string of the molecule is CCN(CC)C(CC)(CC)C(NC)c1cc(C)ccc1F. The van der Waals surface area contributed by atoms with Gasteiger partial charge in [0, 0.05) is 11.1 Å². The van der Waals surface area contributed by atoms with Gasteiger partial charge in [-0.1, -0.05) is 45.4 Å². The van der Waals surface area contributed by atoms with Gasteiger partial charge in [0.25, 0.3) is 0 Å². The van der Waals surface area contributed by atoms with Crippen LogP contribution < -0.4 is 5.32 Å². The third-order valence-electron chi connectivity index (χ3n) is 4.91. The van der Waals surface area contributed by atoms with E-state index in [0.717, 1.165) is 37.1 Å². The highest BCUT2D eigenvalue weighted by Crippen LogP contribution is 2.38. The molecule has 0 bridgehead atoms. The van der Waals surface area contributed by atoms with E-state index in [9.17, 15) is 4.39 Å². The molecule has 0 aromatic heterocycles. The molecule has 120 valence electrons. The van der Waals surface area contributed by atoms with Crippen LogP contribution in [0.4, 0.5) is 4.39 Å². The van der Waals surface area contributed by atoms with Crippen LogP contribution in [0.3, 0.4) is 0 Å². The van der Waals surface area contributed by atoms with Gasteiger partial charge in [-0.25, -0.2) is 4.39 Å². The predicted octanol–water partition coefficient (Wildman–Crippen LogP) is 4.30. The van der Waals surface area contributed by atoms with Crippen molar-refractivity contribution in [2.75, 3.05) is 20.1 Å². The number of aryl methyl sites for hydroxylation is 1. The quantitative estimate of drug-likeness (QED) is 0.769. The van der Waals surface area contributed by atoms with Crippen molar-refractivity contribution in [1.29, 1.82) is 0 Å². The van der Waals surface area contributed by atoms with E-state index in [0.29, 0.717) is 0 Å². The normalized spacial score (nSPS) is 13.7. The third kappa shape index (κ3) is 3.46. The summed E-state index contributed by atoms with van der Waals surface area (Å²) in [7, 11) is 1.94. The Hall–Kier alpha value is -0.930. The van der Waals surface area contributed by atoms with Crippen molar-refractivity contribution in [1.82, 2.24) is 10.2 Å². The zero-order valence-electron chi connectivity index (χ0n) is 14.5. The molecule has 1 unspecified atom stereocenters. The van der Waals surface area contributed by atoms with E-state index in [1.54, 1.807) is 6.07 Å². The molecule has 1 aromatic rings. The lowest BCUT2D eigenvalue weighted by molar-refractivity contribution is 0.0502. The average molecular weight is 294 g/mol. The molecule has 0 amide bonds. The molecule has 3 heteroatoms. The second kappa shape index (κ2) is 7.90. The summed E-state index contributed by atoms with van der Waals surface area (Å²) in [6.07, 6.45) is 1.98. The van der Waals surface area contributed by atoms with E-state index < -0.39 is 0 Å². The minimum Gasteiger partial charge on any atom is -0.311 e. The Morgan fingerprint density at radius 1 is 1.14 bits per heavy atom. The van der Waals surface area contributed by atoms with Crippen LogP contribution in [0.25, 0.3) is 0 Å². The van der Waals surface area contributed by atoms with Crippen molar-refractivity contribution in [3.63, 3.8) is 0 Å². The van der Waals surface area contributed by atoms with E-state index in [-0.39, 0.29) is 17.4 Å². The second-order valence-electron chi connectivity index (χ2n) is 5.73. The molecule has 21 heavy (non-hydrogen) atoms. The van der Waals surface area contributed by atoms with Crippen molar-refractivity contribution < 1.29 is 4.39 Å². The molecule has 1 aromatic carbocycles. The lowest BCUT2D eigenvalue weighted by Gasteiger charge is -2.48. The van der Waals surface area contributed by atoms with Gasteiger partial charge in [0.05, 0.1) is 6.04 Å². The summed E-state index contributed by atoms with van der Waals surface area (Å²) in [6.45, 7) is 12.8. The first-order chi connectivity index (χ1) is 10.00. The third-order valence-corrected chi connectivity index (χ3v) is 4.91. The van der Waals surface area contributed by atoms with Gasteiger partial charge >= 0.3 is 0 Å². The fourth-order valence-corrected chi connectivity index (χ4v) is 3.74. The van der Waals surface area contributed by atoms with Gasteiger partial charge in [0.1, 0.15) is 5.82 Å². The van der Waals surface area contributed by atoms with Gasteiger partial charge in [0.2, 0.25) is 0 Å². The van der Waals surface area contributed by atoms with E-state index >= 15 is 0 Å². The lowest BCUT2D eigenvalue weighted by atomic mass is 9.78. The summed E-state index contributed by atoms with van der Waals surface area (Å²) < 4.78 is 14.4. The summed E-state index contributed by atoms with van der Waals surface area (Å²) in [5.74, 6) is -0.113. The minimum absolute atomic E-state index is 0.00713. The monoisotopic (exact) mass is 294 g/mol. The molecule has 0 saturated carbocycles. The lowest BCUT2D eigenvalue weighted by Crippen LogP contribution is -2.55. The molecular weight excluding hydrogens is 263 g/mol. The molecular formula is C18H31FN2. The maximum Gasteiger partial charge on any atom is 0.128 e. The standard InChI is InChI=1S/C18H31FN2/c1-7-18(8-2,21(9-3)10-4)17(20-6)15-13-14(5)11-12-16(15)19/h11-13,17,20H,7-10H2,1-6H3. The number of rotatable bonds is 8. The Balaban J connectivity index is 3.40. The van der Waals surface area contributed by atoms with Crippen LogP contribution in [0.1, 0.15) is 57.7 Å². The first-order valence-electron chi connectivity index (χ1n) is 8.18. The summed E-state index contributed by atoms with van der Waals surface area (Å²) in [4.78, 5) is 2.47. The molecule has 0 heterocycles. The Morgan fingerprint density at radius 3 is 2.14 bits per heavy atom. The number of hydrogen-bond acceptors (Lipinski definition) is 2. The van der Waals surface area contributed by atoms with Gasteiger partial charge < -0.3 is 5.32 Å². The summed E-state index contributed by atoms with van der Waals surface area (Å²) in [5, 5.41) is 3.40. The smallest absolute Gasteiger partial charge is 0.128 e. The summed E-state index contributed by atoms with van der Waals surface area (Å²) >= 11 is 0. The van der Waals surface area contributed by atoms with Crippen molar-refractivity contribution in [3.05, 3.63) is 35.1 Å².